The maximum absolute atomic E-state index is 7.91. The molecular formula is C12H8O. The Morgan fingerprint density at radius 1 is 0.769 bits per heavy atom. The normalized spacial score (nSPS) is 19.7. The van der Waals surface area contributed by atoms with Crippen molar-refractivity contribution >= 4 is 21.9 Å². The Kier molecular flexibility index (Phi) is 0.475. The summed E-state index contributed by atoms with van der Waals surface area (Å²) in [6.07, 6.45) is 0. The molecule has 0 saturated heterocycles. The molecule has 0 spiro atoms. The molecule has 1 heteroatoms. The van der Waals surface area contributed by atoms with Gasteiger partial charge in [0.1, 0.15) is 11.2 Å². The van der Waals surface area contributed by atoms with Gasteiger partial charge in [-0.05, 0) is 12.1 Å². The van der Waals surface area contributed by atoms with Gasteiger partial charge in [-0.2, -0.15) is 0 Å². The average Bonchev–Trinajstić information content (AvgIpc) is 2.87. The van der Waals surface area contributed by atoms with Crippen molar-refractivity contribution in [3.8, 4) is 0 Å². The topological polar surface area (TPSA) is 13.1 Å². The van der Waals surface area contributed by atoms with Crippen LogP contribution in [0.3, 0.4) is 0 Å². The highest BCUT2D eigenvalue weighted by Gasteiger charge is 2.02. The number of furan rings is 1. The monoisotopic (exact) mass is 176 g/mol. The van der Waals surface area contributed by atoms with Crippen molar-refractivity contribution in [1.29, 1.82) is 0 Å². The largest absolute Gasteiger partial charge is 0.456 e. The van der Waals surface area contributed by atoms with Crippen molar-refractivity contribution in [3.05, 3.63) is 48.3 Å². The molecule has 62 valence electrons. The summed E-state index contributed by atoms with van der Waals surface area (Å²) in [7, 11) is 0. The quantitative estimate of drug-likeness (QED) is 0.510. The first-order valence-electron chi connectivity index (χ1n) is 7.66. The van der Waals surface area contributed by atoms with Crippen molar-refractivity contribution < 1.29 is 15.4 Å². The SMILES string of the molecule is [2H]c1c([2H])c([2H])c2c(oc3c([2H])c([2H])c([2H])c([2H])c32)c1[2H]. The summed E-state index contributed by atoms with van der Waals surface area (Å²) in [5.41, 5.74) is -0.328. The molecule has 0 aliphatic rings. The van der Waals surface area contributed by atoms with E-state index in [1.165, 1.54) is 0 Å². The second kappa shape index (κ2) is 2.36. The molecule has 0 atom stereocenters. The van der Waals surface area contributed by atoms with E-state index >= 15 is 0 Å². The first kappa shape index (κ1) is 2.61. The Balaban J connectivity index is 2.73. The average molecular weight is 176 g/mol. The van der Waals surface area contributed by atoms with E-state index in [4.69, 9.17) is 15.4 Å². The number of rotatable bonds is 0. The zero-order valence-electron chi connectivity index (χ0n) is 14.4. The van der Waals surface area contributed by atoms with Gasteiger partial charge in [0.2, 0.25) is 0 Å². The van der Waals surface area contributed by atoms with Crippen LogP contribution in [0.2, 0.25) is 0 Å². The molecule has 0 N–H and O–H groups in total. The van der Waals surface area contributed by atoms with Gasteiger partial charge in [0, 0.05) is 10.8 Å². The Labute approximate surface area is 86.8 Å². The van der Waals surface area contributed by atoms with E-state index in [9.17, 15) is 0 Å². The third-order valence-corrected chi connectivity index (χ3v) is 1.76. The lowest BCUT2D eigenvalue weighted by Gasteiger charge is -1.85. The fourth-order valence-corrected chi connectivity index (χ4v) is 1.21. The molecule has 0 radical (unpaired) electrons. The molecule has 0 aliphatic carbocycles. The second-order valence-corrected chi connectivity index (χ2v) is 2.51. The molecule has 0 aliphatic heterocycles. The predicted molar refractivity (Wildman–Crippen MR) is 53.7 cm³/mol. The predicted octanol–water partition coefficient (Wildman–Crippen LogP) is 3.59. The minimum Gasteiger partial charge on any atom is -0.456 e. The van der Waals surface area contributed by atoms with Crippen molar-refractivity contribution in [2.75, 3.05) is 0 Å². The van der Waals surface area contributed by atoms with E-state index in [1.807, 2.05) is 0 Å². The zero-order valence-corrected chi connectivity index (χ0v) is 6.41. The second-order valence-electron chi connectivity index (χ2n) is 2.51. The van der Waals surface area contributed by atoms with E-state index in [2.05, 4.69) is 0 Å². The van der Waals surface area contributed by atoms with Crippen LogP contribution in [-0.4, -0.2) is 0 Å². The van der Waals surface area contributed by atoms with Gasteiger partial charge in [0.25, 0.3) is 0 Å². The van der Waals surface area contributed by atoms with Crippen LogP contribution < -0.4 is 0 Å². The molecule has 0 saturated carbocycles. The first-order chi connectivity index (χ1) is 9.77. The lowest BCUT2D eigenvalue weighted by molar-refractivity contribution is 0.669. The highest BCUT2D eigenvalue weighted by Crippen LogP contribution is 2.27. The number of benzene rings is 2. The number of fused-ring (bicyclic) bond motifs is 3. The van der Waals surface area contributed by atoms with E-state index in [1.54, 1.807) is 0 Å². The third kappa shape index (κ3) is 0.872. The standard InChI is InChI=1S/C12H8O/c1-3-7-11-9(5-1)10-6-2-4-8-12(10)13-11/h1-8H/i1D,2D,3D,4D,5D,6D,7D,8D. The number of hydrogen-bond acceptors (Lipinski definition) is 1. The van der Waals surface area contributed by atoms with Gasteiger partial charge >= 0.3 is 0 Å². The molecule has 0 amide bonds. The molecule has 0 bridgehead atoms. The van der Waals surface area contributed by atoms with Gasteiger partial charge in [0.15, 0.2) is 0 Å². The van der Waals surface area contributed by atoms with Crippen LogP contribution in [0, 0.1) is 0 Å². The zero-order chi connectivity index (χ0) is 15.6. The lowest BCUT2D eigenvalue weighted by Crippen LogP contribution is -1.62. The Morgan fingerprint density at radius 2 is 1.23 bits per heavy atom. The van der Waals surface area contributed by atoms with Crippen LogP contribution in [0.15, 0.2) is 52.8 Å². The molecule has 0 fully saturated rings. The molecule has 3 aromatic rings. The van der Waals surface area contributed by atoms with E-state index in [-0.39, 0.29) is 34.0 Å². The highest BCUT2D eigenvalue weighted by atomic mass is 16.3. The number of hydrogen-bond donors (Lipinski definition) is 0. The smallest absolute Gasteiger partial charge is 0.135 e. The van der Waals surface area contributed by atoms with E-state index in [0.717, 1.165) is 0 Å². The first-order valence-corrected chi connectivity index (χ1v) is 3.66. The summed E-state index contributed by atoms with van der Waals surface area (Å²) < 4.78 is 67.3. The maximum Gasteiger partial charge on any atom is 0.135 e. The van der Waals surface area contributed by atoms with Crippen molar-refractivity contribution in [1.82, 2.24) is 0 Å². The number of para-hydroxylation sites is 2. The van der Waals surface area contributed by atoms with Gasteiger partial charge < -0.3 is 4.42 Å². The molecule has 13 heavy (non-hydrogen) atoms. The minimum atomic E-state index is -0.471. The van der Waals surface area contributed by atoms with E-state index < -0.39 is 36.3 Å². The molecule has 1 heterocycles. The van der Waals surface area contributed by atoms with Crippen LogP contribution in [0.25, 0.3) is 21.9 Å². The third-order valence-electron chi connectivity index (χ3n) is 1.76. The van der Waals surface area contributed by atoms with Gasteiger partial charge in [-0.3, -0.25) is 0 Å². The summed E-state index contributed by atoms with van der Waals surface area (Å²) in [5.74, 6) is 0. The van der Waals surface area contributed by atoms with Crippen molar-refractivity contribution in [3.63, 3.8) is 0 Å². The summed E-state index contributed by atoms with van der Waals surface area (Å²) >= 11 is 0. The van der Waals surface area contributed by atoms with E-state index in [0.29, 0.717) is 0 Å². The molecule has 1 aromatic heterocycles. The van der Waals surface area contributed by atoms with Crippen LogP contribution in [0.4, 0.5) is 0 Å². The summed E-state index contributed by atoms with van der Waals surface area (Å²) in [4.78, 5) is 0. The van der Waals surface area contributed by atoms with Crippen molar-refractivity contribution in [2.24, 2.45) is 0 Å². The fraction of sp³-hybridized carbons (Fsp3) is 0. The van der Waals surface area contributed by atoms with Crippen LogP contribution in [0.1, 0.15) is 11.0 Å². The van der Waals surface area contributed by atoms with Gasteiger partial charge in [-0.15, -0.1) is 0 Å². The minimum absolute atomic E-state index is 0.0250. The summed E-state index contributed by atoms with van der Waals surface area (Å²) in [5, 5.41) is -0.0500. The van der Waals surface area contributed by atoms with Crippen LogP contribution >= 0.6 is 0 Å². The molecular weight excluding hydrogens is 160 g/mol. The summed E-state index contributed by atoms with van der Waals surface area (Å²) in [6, 6.07) is -3.45. The van der Waals surface area contributed by atoms with Crippen LogP contribution in [0.5, 0.6) is 0 Å². The Bertz CT molecular complexity index is 853. The lowest BCUT2D eigenvalue weighted by atomic mass is 10.2. The fourth-order valence-electron chi connectivity index (χ4n) is 1.21. The maximum atomic E-state index is 7.91. The Morgan fingerprint density at radius 3 is 1.77 bits per heavy atom. The molecule has 1 nitrogen and oxygen atoms in total. The van der Waals surface area contributed by atoms with Gasteiger partial charge in [-0.25, -0.2) is 0 Å². The van der Waals surface area contributed by atoms with Crippen molar-refractivity contribution in [2.45, 2.75) is 0 Å². The summed E-state index contributed by atoms with van der Waals surface area (Å²) in [6.45, 7) is 0. The van der Waals surface area contributed by atoms with Gasteiger partial charge in [0.05, 0.1) is 11.0 Å². The molecule has 3 rings (SSSR count). The van der Waals surface area contributed by atoms with Crippen LogP contribution in [-0.2, 0) is 0 Å². The highest BCUT2D eigenvalue weighted by molar-refractivity contribution is 6.04. The van der Waals surface area contributed by atoms with Gasteiger partial charge in [-0.1, -0.05) is 36.3 Å². The molecule has 0 unspecified atom stereocenters. The Hall–Kier alpha value is -1.76. The molecule has 2 aromatic carbocycles.